The molecule has 0 spiro atoms. The van der Waals surface area contributed by atoms with E-state index in [9.17, 15) is 0 Å². The van der Waals surface area contributed by atoms with Crippen LogP contribution in [0.1, 0.15) is 5.56 Å². The highest BCUT2D eigenvalue weighted by Gasteiger charge is 1.98. The van der Waals surface area contributed by atoms with Crippen LogP contribution in [0.3, 0.4) is 0 Å². The van der Waals surface area contributed by atoms with Crippen LogP contribution in [-0.4, -0.2) is 0 Å². The van der Waals surface area contributed by atoms with Crippen molar-refractivity contribution in [2.75, 3.05) is 0 Å². The molecule has 0 bridgehead atoms. The summed E-state index contributed by atoms with van der Waals surface area (Å²) in [5.74, 6) is 0. The van der Waals surface area contributed by atoms with Gasteiger partial charge in [0, 0.05) is 8.90 Å². The SMILES string of the molecule is BrCc1ccc2cccc(I)c2c1. The van der Waals surface area contributed by atoms with E-state index >= 15 is 0 Å². The molecule has 2 aromatic carbocycles. The Hall–Kier alpha value is -0.0900. The summed E-state index contributed by atoms with van der Waals surface area (Å²) in [6.45, 7) is 0. The first-order valence-corrected chi connectivity index (χ1v) is 6.24. The van der Waals surface area contributed by atoms with Crippen LogP contribution >= 0.6 is 38.5 Å². The molecular formula is C11H8BrI. The van der Waals surface area contributed by atoms with E-state index in [-0.39, 0.29) is 0 Å². The van der Waals surface area contributed by atoms with E-state index in [1.54, 1.807) is 0 Å². The quantitative estimate of drug-likeness (QED) is 0.532. The van der Waals surface area contributed by atoms with E-state index in [4.69, 9.17) is 0 Å². The molecule has 2 aromatic rings. The first kappa shape index (κ1) is 9.46. The predicted octanol–water partition coefficient (Wildman–Crippen LogP) is 4.34. The summed E-state index contributed by atoms with van der Waals surface area (Å²) in [4.78, 5) is 0. The fourth-order valence-electron chi connectivity index (χ4n) is 1.36. The molecule has 13 heavy (non-hydrogen) atoms. The van der Waals surface area contributed by atoms with E-state index in [1.807, 2.05) is 0 Å². The van der Waals surface area contributed by atoms with E-state index in [0.29, 0.717) is 0 Å². The minimum Gasteiger partial charge on any atom is -0.0876 e. The van der Waals surface area contributed by atoms with Gasteiger partial charge >= 0.3 is 0 Å². The molecule has 66 valence electrons. The molecule has 0 nitrogen and oxygen atoms in total. The molecule has 0 aliphatic rings. The number of hydrogen-bond acceptors (Lipinski definition) is 0. The predicted molar refractivity (Wildman–Crippen MR) is 69.3 cm³/mol. The summed E-state index contributed by atoms with van der Waals surface area (Å²) >= 11 is 5.84. The van der Waals surface area contributed by atoms with Gasteiger partial charge in [0.05, 0.1) is 0 Å². The number of hydrogen-bond donors (Lipinski definition) is 0. The van der Waals surface area contributed by atoms with Gasteiger partial charge < -0.3 is 0 Å². The zero-order chi connectivity index (χ0) is 9.26. The van der Waals surface area contributed by atoms with Gasteiger partial charge in [-0.1, -0.05) is 40.2 Å². The fraction of sp³-hybridized carbons (Fsp3) is 0.0909. The maximum atomic E-state index is 3.47. The van der Waals surface area contributed by atoms with E-state index in [1.165, 1.54) is 19.9 Å². The third-order valence-corrected chi connectivity index (χ3v) is 3.64. The van der Waals surface area contributed by atoms with E-state index < -0.39 is 0 Å². The number of alkyl halides is 1. The lowest BCUT2D eigenvalue weighted by atomic mass is 10.1. The summed E-state index contributed by atoms with van der Waals surface area (Å²) in [5, 5.41) is 3.59. The molecule has 0 aliphatic carbocycles. The van der Waals surface area contributed by atoms with Crippen LogP contribution in [-0.2, 0) is 5.33 Å². The molecule has 0 aromatic heterocycles. The standard InChI is InChI=1S/C11H8BrI/c12-7-8-4-5-9-2-1-3-11(13)10(9)6-8/h1-6H,7H2. The average Bonchev–Trinajstić information content (AvgIpc) is 2.18. The maximum Gasteiger partial charge on any atom is 0.0283 e. The van der Waals surface area contributed by atoms with Gasteiger partial charge in [-0.05, 0) is 51.1 Å². The second kappa shape index (κ2) is 3.96. The maximum absolute atomic E-state index is 3.47. The molecule has 0 unspecified atom stereocenters. The summed E-state index contributed by atoms with van der Waals surface area (Å²) < 4.78 is 1.32. The van der Waals surface area contributed by atoms with Crippen LogP contribution in [0.2, 0.25) is 0 Å². The van der Waals surface area contributed by atoms with Crippen molar-refractivity contribution < 1.29 is 0 Å². The Bertz CT molecular complexity index is 437. The highest BCUT2D eigenvalue weighted by Crippen LogP contribution is 2.22. The molecule has 0 N–H and O–H groups in total. The Morgan fingerprint density at radius 2 is 2.00 bits per heavy atom. The molecule has 0 atom stereocenters. The molecule has 0 radical (unpaired) electrons. The molecule has 0 amide bonds. The number of fused-ring (bicyclic) bond motifs is 1. The minimum atomic E-state index is 0.925. The second-order valence-corrected chi connectivity index (χ2v) is 4.65. The van der Waals surface area contributed by atoms with Crippen molar-refractivity contribution in [3.63, 3.8) is 0 Å². The summed E-state index contributed by atoms with van der Waals surface area (Å²) in [6.07, 6.45) is 0. The van der Waals surface area contributed by atoms with Crippen LogP contribution in [0.5, 0.6) is 0 Å². The third kappa shape index (κ3) is 1.89. The zero-order valence-electron chi connectivity index (χ0n) is 6.93. The Labute approximate surface area is 99.6 Å². The Morgan fingerprint density at radius 1 is 1.15 bits per heavy atom. The smallest absolute Gasteiger partial charge is 0.0283 e. The Kier molecular flexibility index (Phi) is 2.89. The van der Waals surface area contributed by atoms with Crippen molar-refractivity contribution in [3.8, 4) is 0 Å². The van der Waals surface area contributed by atoms with E-state index in [2.05, 4.69) is 74.9 Å². The van der Waals surface area contributed by atoms with Gasteiger partial charge in [-0.25, -0.2) is 0 Å². The highest BCUT2D eigenvalue weighted by molar-refractivity contribution is 14.1. The fourth-order valence-corrected chi connectivity index (χ4v) is 2.39. The number of rotatable bonds is 1. The van der Waals surface area contributed by atoms with Gasteiger partial charge in [-0.3, -0.25) is 0 Å². The minimum absolute atomic E-state index is 0.925. The first-order valence-electron chi connectivity index (χ1n) is 4.04. The lowest BCUT2D eigenvalue weighted by molar-refractivity contribution is 1.46. The van der Waals surface area contributed by atoms with Crippen LogP contribution in [0.15, 0.2) is 36.4 Å². The molecule has 0 saturated heterocycles. The second-order valence-electron chi connectivity index (χ2n) is 2.93. The normalized spacial score (nSPS) is 10.6. The van der Waals surface area contributed by atoms with Gasteiger partial charge in [-0.2, -0.15) is 0 Å². The monoisotopic (exact) mass is 346 g/mol. The highest BCUT2D eigenvalue weighted by atomic mass is 127. The summed E-state index contributed by atoms with van der Waals surface area (Å²) in [6, 6.07) is 13.0. The third-order valence-electron chi connectivity index (χ3n) is 2.05. The summed E-state index contributed by atoms with van der Waals surface area (Å²) in [7, 11) is 0. The lowest BCUT2D eigenvalue weighted by Crippen LogP contribution is -1.81. The van der Waals surface area contributed by atoms with E-state index in [0.717, 1.165) is 5.33 Å². The average molecular weight is 347 g/mol. The van der Waals surface area contributed by atoms with Gasteiger partial charge in [0.25, 0.3) is 0 Å². The Balaban J connectivity index is 2.74. The van der Waals surface area contributed by atoms with Crippen molar-refractivity contribution in [1.82, 2.24) is 0 Å². The largest absolute Gasteiger partial charge is 0.0876 e. The number of benzene rings is 2. The summed E-state index contributed by atoms with van der Waals surface area (Å²) in [5.41, 5.74) is 1.33. The Morgan fingerprint density at radius 3 is 2.77 bits per heavy atom. The van der Waals surface area contributed by atoms with Crippen molar-refractivity contribution in [2.45, 2.75) is 5.33 Å². The van der Waals surface area contributed by atoms with Crippen LogP contribution in [0.25, 0.3) is 10.8 Å². The molecule has 2 heteroatoms. The molecule has 0 heterocycles. The van der Waals surface area contributed by atoms with Gasteiger partial charge in [0.2, 0.25) is 0 Å². The molecular weight excluding hydrogens is 339 g/mol. The molecule has 2 rings (SSSR count). The molecule has 0 fully saturated rings. The number of halogens is 2. The van der Waals surface area contributed by atoms with Crippen LogP contribution < -0.4 is 0 Å². The zero-order valence-corrected chi connectivity index (χ0v) is 10.7. The van der Waals surface area contributed by atoms with Gasteiger partial charge in [-0.15, -0.1) is 0 Å². The van der Waals surface area contributed by atoms with Crippen LogP contribution in [0.4, 0.5) is 0 Å². The van der Waals surface area contributed by atoms with Gasteiger partial charge in [0.15, 0.2) is 0 Å². The van der Waals surface area contributed by atoms with Crippen molar-refractivity contribution in [1.29, 1.82) is 0 Å². The van der Waals surface area contributed by atoms with Crippen molar-refractivity contribution in [2.24, 2.45) is 0 Å². The van der Waals surface area contributed by atoms with Crippen molar-refractivity contribution in [3.05, 3.63) is 45.5 Å². The molecule has 0 aliphatic heterocycles. The topological polar surface area (TPSA) is 0 Å². The lowest BCUT2D eigenvalue weighted by Gasteiger charge is -2.02. The first-order chi connectivity index (χ1) is 6.31. The van der Waals surface area contributed by atoms with Crippen LogP contribution in [0, 0.1) is 3.57 Å². The molecule has 0 saturated carbocycles. The van der Waals surface area contributed by atoms with Gasteiger partial charge in [0.1, 0.15) is 0 Å². The van der Waals surface area contributed by atoms with Crippen molar-refractivity contribution >= 4 is 49.3 Å².